The Morgan fingerprint density at radius 3 is 2.80 bits per heavy atom. The Hall–Kier alpha value is -3.09. The number of benzene rings is 1. The largest absolute Gasteiger partial charge is 0.331 e. The summed E-state index contributed by atoms with van der Waals surface area (Å²) in [5.41, 5.74) is 2.90. The molecule has 7 nitrogen and oxygen atoms in total. The monoisotopic (exact) mass is 338 g/mol. The van der Waals surface area contributed by atoms with E-state index in [1.807, 2.05) is 63.5 Å². The predicted octanol–water partition coefficient (Wildman–Crippen LogP) is 3.05. The van der Waals surface area contributed by atoms with Crippen LogP contribution in [0.5, 0.6) is 0 Å². The number of carbonyl (C=O) groups is 1. The van der Waals surface area contributed by atoms with Crippen LogP contribution >= 0.6 is 0 Å². The maximum Gasteiger partial charge on any atom is 0.320 e. The molecule has 0 saturated carbocycles. The molecule has 0 saturated heterocycles. The number of aromatic nitrogens is 4. The Kier molecular flexibility index (Phi) is 4.83. The van der Waals surface area contributed by atoms with Crippen molar-refractivity contribution in [2.75, 3.05) is 5.32 Å². The van der Waals surface area contributed by atoms with Gasteiger partial charge in [-0.1, -0.05) is 19.1 Å². The number of nitrogens with zero attached hydrogens (tertiary/aromatic N) is 4. The number of aryl methyl sites for hydroxylation is 2. The fourth-order valence-corrected chi connectivity index (χ4v) is 2.61. The second kappa shape index (κ2) is 7.21. The Bertz CT molecular complexity index is 852. The van der Waals surface area contributed by atoms with Gasteiger partial charge < -0.3 is 5.32 Å². The second-order valence-corrected chi connectivity index (χ2v) is 5.86. The smallest absolute Gasteiger partial charge is 0.320 e. The van der Waals surface area contributed by atoms with Crippen molar-refractivity contribution >= 4 is 11.8 Å². The van der Waals surface area contributed by atoms with Crippen LogP contribution in [0.3, 0.4) is 0 Å². The van der Waals surface area contributed by atoms with Crippen molar-refractivity contribution < 1.29 is 4.79 Å². The lowest BCUT2D eigenvalue weighted by molar-refractivity contribution is 0.249. The summed E-state index contributed by atoms with van der Waals surface area (Å²) in [4.78, 5) is 12.3. The van der Waals surface area contributed by atoms with E-state index < -0.39 is 0 Å². The lowest BCUT2D eigenvalue weighted by Crippen LogP contribution is -2.31. The van der Waals surface area contributed by atoms with Crippen LogP contribution in [0.15, 0.2) is 48.8 Å². The van der Waals surface area contributed by atoms with E-state index in [4.69, 9.17) is 0 Å². The average molecular weight is 338 g/mol. The lowest BCUT2D eigenvalue weighted by atomic mass is 10.1. The first-order chi connectivity index (χ1) is 12.1. The Labute approximate surface area is 146 Å². The molecule has 0 aliphatic carbocycles. The van der Waals surface area contributed by atoms with Crippen LogP contribution in [0.1, 0.15) is 31.1 Å². The highest BCUT2D eigenvalue weighted by atomic mass is 16.2. The number of rotatable bonds is 5. The van der Waals surface area contributed by atoms with E-state index in [1.165, 1.54) is 0 Å². The fourth-order valence-electron chi connectivity index (χ4n) is 2.61. The molecule has 2 heterocycles. The van der Waals surface area contributed by atoms with Gasteiger partial charge in [0.05, 0.1) is 17.4 Å². The SMILES string of the molecule is CCc1cc(NC(=O)N[C@H](C)c2cccc(-n3cccn3)c2)n(C)n1. The molecule has 0 bridgehead atoms. The molecule has 0 aliphatic heterocycles. The Morgan fingerprint density at radius 2 is 2.12 bits per heavy atom. The van der Waals surface area contributed by atoms with Crippen LogP contribution in [-0.4, -0.2) is 25.6 Å². The molecule has 1 atom stereocenters. The van der Waals surface area contributed by atoms with E-state index in [2.05, 4.69) is 20.8 Å². The summed E-state index contributed by atoms with van der Waals surface area (Å²) in [6.07, 6.45) is 4.45. The molecule has 2 N–H and O–H groups in total. The van der Waals surface area contributed by atoms with Gasteiger partial charge in [-0.05, 0) is 37.1 Å². The number of hydrogen-bond acceptors (Lipinski definition) is 3. The number of hydrogen-bond donors (Lipinski definition) is 2. The number of urea groups is 1. The van der Waals surface area contributed by atoms with Gasteiger partial charge >= 0.3 is 6.03 Å². The zero-order valence-electron chi connectivity index (χ0n) is 14.6. The van der Waals surface area contributed by atoms with Gasteiger partial charge in [0.1, 0.15) is 5.82 Å². The summed E-state index contributed by atoms with van der Waals surface area (Å²) in [5.74, 6) is 0.673. The van der Waals surface area contributed by atoms with E-state index in [1.54, 1.807) is 15.6 Å². The van der Waals surface area contributed by atoms with Crippen molar-refractivity contribution in [3.63, 3.8) is 0 Å². The van der Waals surface area contributed by atoms with E-state index in [0.717, 1.165) is 23.4 Å². The molecule has 3 aromatic rings. The summed E-state index contributed by atoms with van der Waals surface area (Å²) in [6, 6.07) is 11.3. The first-order valence-corrected chi connectivity index (χ1v) is 8.27. The minimum atomic E-state index is -0.261. The summed E-state index contributed by atoms with van der Waals surface area (Å²) < 4.78 is 3.46. The molecule has 2 aromatic heterocycles. The summed E-state index contributed by atoms with van der Waals surface area (Å²) >= 11 is 0. The van der Waals surface area contributed by atoms with Gasteiger partial charge in [0, 0.05) is 25.5 Å². The van der Waals surface area contributed by atoms with Crippen molar-refractivity contribution in [2.45, 2.75) is 26.3 Å². The average Bonchev–Trinajstić information content (AvgIpc) is 3.25. The minimum absolute atomic E-state index is 0.144. The number of nitrogens with one attached hydrogen (secondary N) is 2. The van der Waals surface area contributed by atoms with Crippen LogP contribution < -0.4 is 10.6 Å². The minimum Gasteiger partial charge on any atom is -0.331 e. The first kappa shape index (κ1) is 16.8. The standard InChI is InChI=1S/C18H22N6O/c1-4-15-12-17(23(3)22-15)21-18(25)20-13(2)14-7-5-8-16(11-14)24-10-6-9-19-24/h5-13H,4H2,1-3H3,(H2,20,21,25)/t13-/m1/s1. The topological polar surface area (TPSA) is 76.8 Å². The molecule has 0 aliphatic rings. The highest BCUT2D eigenvalue weighted by molar-refractivity contribution is 5.88. The molecule has 0 unspecified atom stereocenters. The van der Waals surface area contributed by atoms with E-state index in [0.29, 0.717) is 5.82 Å². The van der Waals surface area contributed by atoms with Crippen molar-refractivity contribution in [3.05, 3.63) is 60.0 Å². The fraction of sp³-hybridized carbons (Fsp3) is 0.278. The highest BCUT2D eigenvalue weighted by Gasteiger charge is 2.12. The van der Waals surface area contributed by atoms with E-state index >= 15 is 0 Å². The number of amides is 2. The Balaban J connectivity index is 1.67. The molecular weight excluding hydrogens is 316 g/mol. The van der Waals surface area contributed by atoms with Crippen molar-refractivity contribution in [3.8, 4) is 5.69 Å². The molecule has 130 valence electrons. The third-order valence-corrected chi connectivity index (χ3v) is 4.02. The van der Waals surface area contributed by atoms with Crippen molar-refractivity contribution in [1.29, 1.82) is 0 Å². The molecule has 3 rings (SSSR count). The summed E-state index contributed by atoms with van der Waals surface area (Å²) in [5, 5.41) is 14.3. The van der Waals surface area contributed by atoms with Gasteiger partial charge in [-0.2, -0.15) is 10.2 Å². The van der Waals surface area contributed by atoms with Crippen molar-refractivity contribution in [2.24, 2.45) is 7.05 Å². The first-order valence-electron chi connectivity index (χ1n) is 8.27. The van der Waals surface area contributed by atoms with Gasteiger partial charge in [-0.25, -0.2) is 9.48 Å². The molecule has 2 amide bonds. The normalized spacial score (nSPS) is 12.0. The van der Waals surface area contributed by atoms with Crippen LogP contribution in [-0.2, 0) is 13.5 Å². The third kappa shape index (κ3) is 3.88. The second-order valence-electron chi connectivity index (χ2n) is 5.86. The molecule has 7 heteroatoms. The zero-order chi connectivity index (χ0) is 17.8. The molecule has 25 heavy (non-hydrogen) atoms. The maximum absolute atomic E-state index is 12.3. The van der Waals surface area contributed by atoms with Crippen molar-refractivity contribution in [1.82, 2.24) is 24.9 Å². The maximum atomic E-state index is 12.3. The van der Waals surface area contributed by atoms with Gasteiger partial charge in [-0.15, -0.1) is 0 Å². The van der Waals surface area contributed by atoms with Crippen LogP contribution in [0.4, 0.5) is 10.6 Å². The Morgan fingerprint density at radius 1 is 1.28 bits per heavy atom. The number of anilines is 1. The molecular formula is C18H22N6O. The molecule has 0 fully saturated rings. The van der Waals surface area contributed by atoms with E-state index in [-0.39, 0.29) is 12.1 Å². The van der Waals surface area contributed by atoms with Gasteiger partial charge in [0.15, 0.2) is 0 Å². The quantitative estimate of drug-likeness (QED) is 0.750. The van der Waals surface area contributed by atoms with Crippen LogP contribution in [0.2, 0.25) is 0 Å². The van der Waals surface area contributed by atoms with Gasteiger partial charge in [0.2, 0.25) is 0 Å². The van der Waals surface area contributed by atoms with Crippen LogP contribution in [0, 0.1) is 0 Å². The zero-order valence-corrected chi connectivity index (χ0v) is 14.6. The molecule has 0 radical (unpaired) electrons. The number of carbonyl (C=O) groups excluding carboxylic acids is 1. The van der Waals surface area contributed by atoms with Crippen LogP contribution in [0.25, 0.3) is 5.69 Å². The molecule has 0 spiro atoms. The predicted molar refractivity (Wildman–Crippen MR) is 96.7 cm³/mol. The molecule has 1 aromatic carbocycles. The summed E-state index contributed by atoms with van der Waals surface area (Å²) in [7, 11) is 1.81. The van der Waals surface area contributed by atoms with E-state index in [9.17, 15) is 4.79 Å². The van der Waals surface area contributed by atoms with Gasteiger partial charge in [0.25, 0.3) is 0 Å². The van der Waals surface area contributed by atoms with Gasteiger partial charge in [-0.3, -0.25) is 10.00 Å². The lowest BCUT2D eigenvalue weighted by Gasteiger charge is -2.16. The third-order valence-electron chi connectivity index (χ3n) is 4.02. The highest BCUT2D eigenvalue weighted by Crippen LogP contribution is 2.17. The summed E-state index contributed by atoms with van der Waals surface area (Å²) in [6.45, 7) is 3.98.